The lowest BCUT2D eigenvalue weighted by molar-refractivity contribution is -0.387. The van der Waals surface area contributed by atoms with E-state index in [4.69, 9.17) is 37.9 Å². The third-order valence-corrected chi connectivity index (χ3v) is 21.4. The highest BCUT2D eigenvalue weighted by Gasteiger charge is 2.74. The van der Waals surface area contributed by atoms with Crippen LogP contribution in [0.2, 0.25) is 0 Å². The van der Waals surface area contributed by atoms with Gasteiger partial charge in [0.1, 0.15) is 67.1 Å². The largest absolute Gasteiger partial charge is 0.479 e. The van der Waals surface area contributed by atoms with Gasteiger partial charge in [0.05, 0.1) is 44.1 Å². The molecule has 12 N–H and O–H groups in total. The minimum atomic E-state index is -2.15. The van der Waals surface area contributed by atoms with Crippen LogP contribution in [0.4, 0.5) is 0 Å². The summed E-state index contributed by atoms with van der Waals surface area (Å²) >= 11 is 0. The Balaban J connectivity index is 1.14. The molecule has 0 radical (unpaired) electrons. The molecule has 3 heterocycles. The first-order valence-corrected chi connectivity index (χ1v) is 28.2. The molecule has 3 aliphatic heterocycles. The van der Waals surface area contributed by atoms with Crippen LogP contribution in [0.25, 0.3) is 0 Å². The number of hydrogen-bond acceptors (Lipinski definition) is 22. The van der Waals surface area contributed by atoms with Crippen molar-refractivity contribution in [3.05, 3.63) is 34.9 Å². The van der Waals surface area contributed by atoms with Crippen molar-refractivity contribution in [2.75, 3.05) is 26.4 Å². The molecule has 23 nitrogen and oxygen atoms in total. The van der Waals surface area contributed by atoms with Gasteiger partial charge in [-0.25, -0.2) is 14.4 Å². The van der Waals surface area contributed by atoms with Gasteiger partial charge in [0.15, 0.2) is 31.1 Å². The van der Waals surface area contributed by atoms with E-state index < -0.39 is 193 Å². The Morgan fingerprint density at radius 1 is 0.637 bits per heavy atom. The second-order valence-corrected chi connectivity index (χ2v) is 25.8. The van der Waals surface area contributed by atoms with Crippen LogP contribution < -0.4 is 0 Å². The highest BCUT2D eigenvalue weighted by atomic mass is 16.8. The van der Waals surface area contributed by atoms with Crippen molar-refractivity contribution in [3.8, 4) is 0 Å². The van der Waals surface area contributed by atoms with E-state index in [9.17, 15) is 75.7 Å². The highest BCUT2D eigenvalue weighted by Crippen LogP contribution is 2.76. The lowest BCUT2D eigenvalue weighted by Gasteiger charge is -2.72. The quantitative estimate of drug-likeness (QED) is 0.0453. The van der Waals surface area contributed by atoms with Crippen molar-refractivity contribution in [2.45, 2.75) is 225 Å². The van der Waals surface area contributed by atoms with Gasteiger partial charge < -0.3 is 99.2 Å². The summed E-state index contributed by atoms with van der Waals surface area (Å²) in [6.07, 6.45) is -21.9. The third kappa shape index (κ3) is 9.95. The summed E-state index contributed by atoms with van der Waals surface area (Å²) in [4.78, 5) is 40.3. The Morgan fingerprint density at radius 3 is 1.73 bits per heavy atom. The van der Waals surface area contributed by atoms with Crippen molar-refractivity contribution >= 4 is 17.9 Å². The van der Waals surface area contributed by atoms with Crippen LogP contribution in [0.5, 0.6) is 0 Å². The number of carbonyl (C=O) groups excluding carboxylic acids is 2. The Kier molecular flexibility index (Phi) is 18.2. The molecule has 5 aliphatic carbocycles. The summed E-state index contributed by atoms with van der Waals surface area (Å²) in [5.74, 6) is -3.87. The fourth-order valence-corrected chi connectivity index (χ4v) is 16.2. The van der Waals surface area contributed by atoms with E-state index in [-0.39, 0.29) is 24.7 Å². The number of carboxylic acids is 1. The van der Waals surface area contributed by atoms with Gasteiger partial charge in [0, 0.05) is 22.0 Å². The molecule has 0 unspecified atom stereocenters. The number of fused-ring (bicyclic) bond motifs is 7. The molecule has 0 bridgehead atoms. The zero-order valence-corrected chi connectivity index (χ0v) is 47.5. The number of esters is 2. The van der Waals surface area contributed by atoms with Crippen LogP contribution in [0.1, 0.15) is 114 Å². The molecule has 23 heteroatoms. The maximum Gasteiger partial charge on any atom is 0.335 e. The van der Waals surface area contributed by atoms with E-state index >= 15 is 0 Å². The van der Waals surface area contributed by atoms with Gasteiger partial charge in [-0.1, -0.05) is 65.3 Å². The average Bonchev–Trinajstić information content (AvgIpc) is 3.83. The standard InChI is InChI=1S/C57H88O23/c1-11-25(3)47(71)79-44-45(80-48(72)26(4)12-2)57(24-61)28(19-52(44,5)6)27-13-14-32-53(7)17-16-34(54(8,23-60)31(53)15-18-55(32,9)56(27,10)20-33(57)62)75-51-43(78-50-39(67)37(65)35(63)29(21-58)73-50)41(40(68)42(77-51)46(69)70)76-49-38(66)36(64)30(22-59)74-49/h11-13,28-45,49-51,58-68H,14-24H2,1-10H3,(H,69,70)/b25-11-,26-12-/t28-,29+,30-,31+,32+,33+,34-,35-,36-,37-,38+,39+,40-,41-,42-,43+,44-,45-,49-,50-,51+,53-,54+,55+,56+,57-/m0/s1. The Labute approximate surface area is 466 Å². The van der Waals surface area contributed by atoms with E-state index in [1.54, 1.807) is 39.8 Å². The van der Waals surface area contributed by atoms with E-state index in [1.807, 2.05) is 20.8 Å². The number of ether oxygens (including phenoxy) is 8. The molecule has 454 valence electrons. The zero-order valence-electron chi connectivity index (χ0n) is 47.5. The number of rotatable bonds is 15. The molecule has 7 fully saturated rings. The Bertz CT molecular complexity index is 2380. The fourth-order valence-electron chi connectivity index (χ4n) is 16.2. The SMILES string of the molecule is C/C=C(/C)C(=O)O[C@H]1[C@H](OC(=O)/C(C)=C\C)[C@]2(CO)[C@H](O)C[C@]3(C)C(=CC[C@@H]4[C@@]5(C)CC[C@H](O[C@@H]6O[C@H](C(=O)O)[C@@H](O)[C@H](O[C@@H]7O[C@@H](CO)[C@H](O)[C@H]7O)[C@H]6O[C@@H]6O[C@H](CO)[C@H](O)[C@H](O)[C@H]6O)[C@](C)(CO)[C@@H]5CC[C@]43C)[C@@H]2CC1(C)C. The molecule has 4 saturated carbocycles. The van der Waals surface area contributed by atoms with Crippen LogP contribution >= 0.6 is 0 Å². The zero-order chi connectivity index (χ0) is 59.1. The summed E-state index contributed by atoms with van der Waals surface area (Å²) in [7, 11) is 0. The third-order valence-electron chi connectivity index (χ3n) is 21.4. The monoisotopic (exact) mass is 1140 g/mol. The molecule has 80 heavy (non-hydrogen) atoms. The minimum absolute atomic E-state index is 0.0864. The predicted molar refractivity (Wildman–Crippen MR) is 277 cm³/mol. The first-order valence-electron chi connectivity index (χ1n) is 28.2. The number of hydrogen-bond donors (Lipinski definition) is 12. The van der Waals surface area contributed by atoms with E-state index in [1.165, 1.54) is 0 Å². The maximum absolute atomic E-state index is 13.8. The molecular formula is C57H88O23. The number of aliphatic hydroxyl groups is 11. The van der Waals surface area contributed by atoms with Crippen LogP contribution in [0.3, 0.4) is 0 Å². The summed E-state index contributed by atoms with van der Waals surface area (Å²) in [6, 6.07) is 0. The number of carbonyl (C=O) groups is 3. The van der Waals surface area contributed by atoms with Gasteiger partial charge in [0.25, 0.3) is 0 Å². The van der Waals surface area contributed by atoms with Gasteiger partial charge in [-0.3, -0.25) is 0 Å². The molecule has 3 saturated heterocycles. The smallest absolute Gasteiger partial charge is 0.335 e. The molecule has 0 amide bonds. The molecule has 8 aliphatic rings. The lowest BCUT2D eigenvalue weighted by atomic mass is 9.33. The van der Waals surface area contributed by atoms with Crippen LogP contribution in [0.15, 0.2) is 34.9 Å². The molecule has 26 atom stereocenters. The van der Waals surface area contributed by atoms with Gasteiger partial charge >= 0.3 is 17.9 Å². The van der Waals surface area contributed by atoms with Crippen molar-refractivity contribution in [2.24, 2.45) is 50.2 Å². The fraction of sp³-hybridized carbons (Fsp3) is 0.842. The summed E-state index contributed by atoms with van der Waals surface area (Å²) in [5.41, 5.74) is -3.55. The lowest BCUT2D eigenvalue weighted by Crippen LogP contribution is -2.72. The second kappa shape index (κ2) is 23.1. The van der Waals surface area contributed by atoms with Crippen LogP contribution in [-0.4, -0.2) is 216 Å². The normalized spacial score (nSPS) is 49.3. The van der Waals surface area contributed by atoms with E-state index in [0.29, 0.717) is 43.3 Å². The summed E-state index contributed by atoms with van der Waals surface area (Å²) < 4.78 is 49.0. The van der Waals surface area contributed by atoms with Crippen LogP contribution in [-0.2, 0) is 52.3 Å². The topological polar surface area (TPSA) is 368 Å². The molecule has 0 aromatic carbocycles. The van der Waals surface area contributed by atoms with E-state index in [0.717, 1.165) is 5.57 Å². The number of aliphatic carboxylic acids is 1. The van der Waals surface area contributed by atoms with Crippen molar-refractivity contribution in [1.29, 1.82) is 0 Å². The average molecular weight is 1140 g/mol. The molecule has 8 rings (SSSR count). The highest BCUT2D eigenvalue weighted by molar-refractivity contribution is 5.89. The summed E-state index contributed by atoms with van der Waals surface area (Å²) in [5, 5.41) is 133. The maximum atomic E-state index is 13.8. The van der Waals surface area contributed by atoms with Gasteiger partial charge in [-0.2, -0.15) is 0 Å². The molecule has 0 aromatic heterocycles. The second-order valence-electron chi connectivity index (χ2n) is 25.8. The molecule has 0 spiro atoms. The van der Waals surface area contributed by atoms with Gasteiger partial charge in [0.2, 0.25) is 0 Å². The minimum Gasteiger partial charge on any atom is -0.479 e. The first kappa shape index (κ1) is 63.0. The van der Waals surface area contributed by atoms with Crippen molar-refractivity contribution in [1.82, 2.24) is 0 Å². The molecular weight excluding hydrogens is 1050 g/mol. The van der Waals surface area contributed by atoms with Crippen LogP contribution in [0, 0.1) is 50.2 Å². The summed E-state index contributed by atoms with van der Waals surface area (Å²) in [6.45, 7) is 16.4. The first-order chi connectivity index (χ1) is 37.5. The predicted octanol–water partition coefficient (Wildman–Crippen LogP) is 0.264. The van der Waals surface area contributed by atoms with E-state index in [2.05, 4.69) is 26.8 Å². The molecule has 0 aromatic rings. The van der Waals surface area contributed by atoms with Gasteiger partial charge in [-0.15, -0.1) is 0 Å². The number of aliphatic hydroxyl groups excluding tert-OH is 11. The van der Waals surface area contributed by atoms with Crippen molar-refractivity contribution < 1.29 is 114 Å². The number of allylic oxidation sites excluding steroid dienone is 4. The Morgan fingerprint density at radius 2 is 1.19 bits per heavy atom. The van der Waals surface area contributed by atoms with Gasteiger partial charge in [-0.05, 0) is 107 Å². The van der Waals surface area contributed by atoms with Crippen molar-refractivity contribution in [3.63, 3.8) is 0 Å². The Hall–Kier alpha value is -3.05. The number of carboxylic acid groups (broad SMARTS) is 1.